The first-order valence-electron chi connectivity index (χ1n) is 7.46. The highest BCUT2D eigenvalue weighted by Crippen LogP contribution is 2.27. The maximum absolute atomic E-state index is 12.2. The Bertz CT molecular complexity index is 245. The number of carbonyl (C=O) groups excluding carboxylic acids is 1. The molecule has 0 fully saturated rings. The van der Waals surface area contributed by atoms with Crippen LogP contribution in [0, 0.1) is 23.7 Å². The first kappa shape index (κ1) is 17.6. The van der Waals surface area contributed by atoms with E-state index in [9.17, 15) is 4.79 Å². The van der Waals surface area contributed by atoms with Crippen LogP contribution in [-0.4, -0.2) is 17.9 Å². The van der Waals surface area contributed by atoms with Crippen molar-refractivity contribution in [3.8, 4) is 0 Å². The van der Waals surface area contributed by atoms with E-state index in [1.165, 1.54) is 0 Å². The van der Waals surface area contributed by atoms with E-state index in [2.05, 4.69) is 46.9 Å². The van der Waals surface area contributed by atoms with Gasteiger partial charge in [0.1, 0.15) is 5.78 Å². The fourth-order valence-electron chi connectivity index (χ4n) is 2.77. The van der Waals surface area contributed by atoms with Crippen molar-refractivity contribution in [3.05, 3.63) is 0 Å². The molecule has 0 bridgehead atoms. The molecule has 0 aliphatic carbocycles. The van der Waals surface area contributed by atoms with Crippen molar-refractivity contribution in [2.24, 2.45) is 23.7 Å². The topological polar surface area (TPSA) is 29.1 Å². The van der Waals surface area contributed by atoms with Crippen LogP contribution in [0.2, 0.25) is 0 Å². The Labute approximate surface area is 114 Å². The van der Waals surface area contributed by atoms with Gasteiger partial charge in [0, 0.05) is 23.9 Å². The highest BCUT2D eigenvalue weighted by atomic mass is 16.1. The molecule has 0 amide bonds. The lowest BCUT2D eigenvalue weighted by Gasteiger charge is -2.33. The van der Waals surface area contributed by atoms with Gasteiger partial charge in [-0.2, -0.15) is 0 Å². The van der Waals surface area contributed by atoms with E-state index in [1.807, 2.05) is 13.8 Å². The van der Waals surface area contributed by atoms with Crippen molar-refractivity contribution in [2.45, 2.75) is 73.9 Å². The van der Waals surface area contributed by atoms with E-state index in [0.717, 1.165) is 6.42 Å². The second-order valence-corrected chi connectivity index (χ2v) is 6.75. The van der Waals surface area contributed by atoms with Gasteiger partial charge in [-0.3, -0.25) is 4.79 Å². The summed E-state index contributed by atoms with van der Waals surface area (Å²) < 4.78 is 0. The van der Waals surface area contributed by atoms with Gasteiger partial charge < -0.3 is 5.32 Å². The Hall–Kier alpha value is -0.370. The highest BCUT2D eigenvalue weighted by Gasteiger charge is 2.30. The average Bonchev–Trinajstić information content (AvgIpc) is 2.22. The summed E-state index contributed by atoms with van der Waals surface area (Å²) in [4.78, 5) is 12.2. The van der Waals surface area contributed by atoms with E-state index >= 15 is 0 Å². The fourth-order valence-corrected chi connectivity index (χ4v) is 2.77. The average molecular weight is 255 g/mol. The molecule has 18 heavy (non-hydrogen) atoms. The minimum absolute atomic E-state index is 0.140. The van der Waals surface area contributed by atoms with Crippen LogP contribution < -0.4 is 5.32 Å². The lowest BCUT2D eigenvalue weighted by Crippen LogP contribution is -2.43. The first-order chi connectivity index (χ1) is 8.16. The third-order valence-electron chi connectivity index (χ3n) is 3.64. The summed E-state index contributed by atoms with van der Waals surface area (Å²) in [5.74, 6) is 1.75. The van der Waals surface area contributed by atoms with Crippen LogP contribution in [0.15, 0.2) is 0 Å². The lowest BCUT2D eigenvalue weighted by molar-refractivity contribution is -0.127. The maximum Gasteiger partial charge on any atom is 0.138 e. The van der Waals surface area contributed by atoms with Crippen LogP contribution in [0.1, 0.15) is 61.8 Å². The zero-order chi connectivity index (χ0) is 14.5. The van der Waals surface area contributed by atoms with Crippen LogP contribution >= 0.6 is 0 Å². The van der Waals surface area contributed by atoms with Crippen molar-refractivity contribution < 1.29 is 4.79 Å². The second-order valence-electron chi connectivity index (χ2n) is 6.75. The first-order valence-corrected chi connectivity index (χ1v) is 7.46. The van der Waals surface area contributed by atoms with Crippen LogP contribution in [0.5, 0.6) is 0 Å². The van der Waals surface area contributed by atoms with Crippen LogP contribution in [0.25, 0.3) is 0 Å². The summed E-state index contributed by atoms with van der Waals surface area (Å²) in [6.07, 6.45) is 1.11. The van der Waals surface area contributed by atoms with Crippen molar-refractivity contribution in [1.82, 2.24) is 5.32 Å². The van der Waals surface area contributed by atoms with E-state index < -0.39 is 0 Å². The Balaban J connectivity index is 4.81. The van der Waals surface area contributed by atoms with Gasteiger partial charge in [0.05, 0.1) is 0 Å². The summed E-state index contributed by atoms with van der Waals surface area (Å²) in [6.45, 7) is 17.1. The van der Waals surface area contributed by atoms with Gasteiger partial charge in [-0.05, 0) is 25.2 Å². The molecule has 0 radical (unpaired) electrons. The third-order valence-corrected chi connectivity index (χ3v) is 3.64. The van der Waals surface area contributed by atoms with E-state index in [-0.39, 0.29) is 11.8 Å². The number of hydrogen-bond donors (Lipinski definition) is 1. The number of nitrogens with one attached hydrogen (secondary N) is 1. The van der Waals surface area contributed by atoms with Gasteiger partial charge in [-0.25, -0.2) is 0 Å². The van der Waals surface area contributed by atoms with Gasteiger partial charge in [0.15, 0.2) is 0 Å². The molecule has 2 nitrogen and oxygen atoms in total. The predicted octanol–water partition coefficient (Wildman–Crippen LogP) is 3.90. The lowest BCUT2D eigenvalue weighted by atomic mass is 9.77. The summed E-state index contributed by atoms with van der Waals surface area (Å²) in [5.41, 5.74) is 0. The maximum atomic E-state index is 12.2. The second kappa shape index (κ2) is 7.93. The quantitative estimate of drug-likeness (QED) is 0.713. The van der Waals surface area contributed by atoms with E-state index in [0.29, 0.717) is 29.7 Å². The van der Waals surface area contributed by atoms with Crippen molar-refractivity contribution in [3.63, 3.8) is 0 Å². The molecule has 3 atom stereocenters. The van der Waals surface area contributed by atoms with Crippen LogP contribution in [0.3, 0.4) is 0 Å². The molecule has 0 aromatic carbocycles. The Morgan fingerprint density at radius 2 is 1.44 bits per heavy atom. The molecule has 1 N–H and O–H groups in total. The highest BCUT2D eigenvalue weighted by molar-refractivity contribution is 5.82. The minimum Gasteiger partial charge on any atom is -0.312 e. The number of carbonyl (C=O) groups is 1. The van der Waals surface area contributed by atoms with E-state index in [1.54, 1.807) is 0 Å². The molecule has 0 aromatic heterocycles. The van der Waals surface area contributed by atoms with Gasteiger partial charge in [0.2, 0.25) is 0 Å². The van der Waals surface area contributed by atoms with Gasteiger partial charge in [0.25, 0.3) is 0 Å². The summed E-state index contributed by atoms with van der Waals surface area (Å²) in [6, 6.07) is 0.862. The Morgan fingerprint density at radius 3 is 1.78 bits per heavy atom. The molecule has 0 spiro atoms. The predicted molar refractivity (Wildman–Crippen MR) is 79.7 cm³/mol. The fraction of sp³-hybridized carbons (Fsp3) is 0.938. The smallest absolute Gasteiger partial charge is 0.138 e. The Morgan fingerprint density at radius 1 is 0.944 bits per heavy atom. The normalized spacial score (nSPS) is 17.3. The summed E-state index contributed by atoms with van der Waals surface area (Å²) >= 11 is 0. The number of rotatable bonds is 8. The largest absolute Gasteiger partial charge is 0.312 e. The number of ketones is 1. The zero-order valence-corrected chi connectivity index (χ0v) is 13.6. The van der Waals surface area contributed by atoms with Crippen molar-refractivity contribution in [1.29, 1.82) is 0 Å². The summed E-state index contributed by atoms with van der Waals surface area (Å²) in [7, 11) is 0. The molecule has 108 valence electrons. The van der Waals surface area contributed by atoms with Crippen molar-refractivity contribution >= 4 is 5.78 Å². The molecule has 0 saturated carbocycles. The van der Waals surface area contributed by atoms with Gasteiger partial charge in [-0.1, -0.05) is 48.5 Å². The monoisotopic (exact) mass is 255 g/mol. The van der Waals surface area contributed by atoms with E-state index in [4.69, 9.17) is 0 Å². The molecule has 0 rings (SSSR count). The van der Waals surface area contributed by atoms with Crippen LogP contribution in [-0.2, 0) is 4.79 Å². The molecule has 3 unspecified atom stereocenters. The molecule has 0 aromatic rings. The van der Waals surface area contributed by atoms with Gasteiger partial charge in [-0.15, -0.1) is 0 Å². The van der Waals surface area contributed by atoms with Crippen LogP contribution in [0.4, 0.5) is 0 Å². The molecule has 0 aliphatic heterocycles. The number of Topliss-reactive ketones (excluding diaryl/α,β-unsaturated/α-hetero) is 1. The van der Waals surface area contributed by atoms with Gasteiger partial charge >= 0.3 is 0 Å². The summed E-state index contributed by atoms with van der Waals surface area (Å²) in [5, 5.41) is 3.57. The third kappa shape index (κ3) is 5.99. The molecular weight excluding hydrogens is 222 g/mol. The SMILES string of the molecule is CC(C)CC(C(C)NC(C)C)C(C)C(=O)C(C)C. The Kier molecular flexibility index (Phi) is 7.77. The molecule has 2 heteroatoms. The van der Waals surface area contributed by atoms with Crippen molar-refractivity contribution in [2.75, 3.05) is 0 Å². The minimum atomic E-state index is 0.140. The standard InChI is InChI=1S/C16H33NO/c1-10(2)9-15(14(8)17-12(5)6)13(7)16(18)11(3)4/h10-15,17H,9H2,1-8H3. The molecule has 0 aliphatic rings. The zero-order valence-electron chi connectivity index (χ0n) is 13.6. The molecular formula is C16H33NO. The molecule has 0 saturated heterocycles. The number of hydrogen-bond acceptors (Lipinski definition) is 2. The molecule has 0 heterocycles.